The van der Waals surface area contributed by atoms with Gasteiger partial charge in [0.05, 0.1) is 16.3 Å². The number of nitrogens with one attached hydrogen (secondary N) is 1. The van der Waals surface area contributed by atoms with E-state index in [0.717, 1.165) is 36.3 Å². The third-order valence-corrected chi connectivity index (χ3v) is 4.31. The molecule has 1 aliphatic rings. The van der Waals surface area contributed by atoms with Crippen LogP contribution in [0.25, 0.3) is 10.2 Å². The van der Waals surface area contributed by atoms with Crippen LogP contribution in [-0.4, -0.2) is 24.2 Å². The molecule has 0 saturated carbocycles. The zero-order valence-electron chi connectivity index (χ0n) is 10.9. The zero-order chi connectivity index (χ0) is 13.1. The van der Waals surface area contributed by atoms with Crippen LogP contribution in [0.2, 0.25) is 0 Å². The smallest absolute Gasteiger partial charge is 0.181 e. The van der Waals surface area contributed by atoms with E-state index in [0.29, 0.717) is 11.2 Å². The van der Waals surface area contributed by atoms with Crippen molar-refractivity contribution < 1.29 is 4.74 Å². The number of fused-ring (bicyclic) bond motifs is 1. The Morgan fingerprint density at radius 2 is 2.42 bits per heavy atom. The highest BCUT2D eigenvalue weighted by Gasteiger charge is 2.14. The summed E-state index contributed by atoms with van der Waals surface area (Å²) in [4.78, 5) is 4.26. The predicted molar refractivity (Wildman–Crippen MR) is 79.3 cm³/mol. The Labute approximate surface area is 117 Å². The van der Waals surface area contributed by atoms with Crippen LogP contribution in [0.3, 0.4) is 0 Å². The van der Waals surface area contributed by atoms with Gasteiger partial charge in [0.15, 0.2) is 5.13 Å². The summed E-state index contributed by atoms with van der Waals surface area (Å²) in [6.45, 7) is 2.84. The van der Waals surface area contributed by atoms with Gasteiger partial charge in [-0.25, -0.2) is 4.98 Å². The van der Waals surface area contributed by atoms with Crippen molar-refractivity contribution in [2.75, 3.05) is 18.9 Å². The van der Waals surface area contributed by atoms with E-state index in [4.69, 9.17) is 10.5 Å². The van der Waals surface area contributed by atoms with Crippen LogP contribution in [0, 0.1) is 0 Å². The number of nitrogen functional groups attached to an aromatic ring is 1. The Bertz CT molecular complexity index is 549. The maximum Gasteiger partial charge on any atom is 0.181 e. The Morgan fingerprint density at radius 1 is 1.47 bits per heavy atom. The molecule has 102 valence electrons. The van der Waals surface area contributed by atoms with E-state index in [-0.39, 0.29) is 0 Å². The normalized spacial score (nSPS) is 19.3. The molecule has 0 aliphatic carbocycles. The van der Waals surface area contributed by atoms with E-state index in [9.17, 15) is 0 Å². The monoisotopic (exact) mass is 277 g/mol. The first-order chi connectivity index (χ1) is 9.31. The topological polar surface area (TPSA) is 60.2 Å². The first kappa shape index (κ1) is 12.8. The van der Waals surface area contributed by atoms with Gasteiger partial charge in [0.2, 0.25) is 0 Å². The van der Waals surface area contributed by atoms with Crippen molar-refractivity contribution in [3.05, 3.63) is 23.8 Å². The molecule has 2 heterocycles. The maximum absolute atomic E-state index is 5.71. The quantitative estimate of drug-likeness (QED) is 0.825. The molecule has 0 bridgehead atoms. The molecule has 1 unspecified atom stereocenters. The summed E-state index contributed by atoms with van der Waals surface area (Å²) in [5, 5.41) is 4.11. The minimum atomic E-state index is 0.469. The van der Waals surface area contributed by atoms with Gasteiger partial charge in [-0.15, -0.1) is 0 Å². The number of nitrogens with zero attached hydrogens (tertiary/aromatic N) is 1. The summed E-state index contributed by atoms with van der Waals surface area (Å²) in [5.41, 5.74) is 7.98. The van der Waals surface area contributed by atoms with Crippen molar-refractivity contribution in [1.29, 1.82) is 0 Å². The lowest BCUT2D eigenvalue weighted by atomic mass is 10.2. The molecule has 1 aliphatic heterocycles. The van der Waals surface area contributed by atoms with Crippen LogP contribution in [-0.2, 0) is 11.3 Å². The van der Waals surface area contributed by atoms with Crippen molar-refractivity contribution in [2.24, 2.45) is 0 Å². The SMILES string of the molecule is Nc1nc2ccc(CNCCC3CCCO3)cc2s1. The molecule has 19 heavy (non-hydrogen) atoms. The highest BCUT2D eigenvalue weighted by atomic mass is 32.1. The van der Waals surface area contributed by atoms with Crippen LogP contribution in [0.4, 0.5) is 5.13 Å². The van der Waals surface area contributed by atoms with Crippen LogP contribution >= 0.6 is 11.3 Å². The van der Waals surface area contributed by atoms with E-state index < -0.39 is 0 Å². The molecule has 0 spiro atoms. The van der Waals surface area contributed by atoms with Gasteiger partial charge in [-0.3, -0.25) is 0 Å². The lowest BCUT2D eigenvalue weighted by Gasteiger charge is -2.10. The molecule has 1 fully saturated rings. The zero-order valence-corrected chi connectivity index (χ0v) is 11.7. The van der Waals surface area contributed by atoms with E-state index >= 15 is 0 Å². The van der Waals surface area contributed by atoms with Gasteiger partial charge in [0.25, 0.3) is 0 Å². The van der Waals surface area contributed by atoms with Crippen molar-refractivity contribution >= 4 is 26.7 Å². The number of anilines is 1. The molecule has 2 aromatic rings. The van der Waals surface area contributed by atoms with Crippen LogP contribution in [0.1, 0.15) is 24.8 Å². The number of aromatic nitrogens is 1. The Hall–Kier alpha value is -1.17. The fraction of sp³-hybridized carbons (Fsp3) is 0.500. The molecule has 1 atom stereocenters. The Morgan fingerprint density at radius 3 is 3.26 bits per heavy atom. The third-order valence-electron chi connectivity index (χ3n) is 3.47. The molecule has 1 aromatic carbocycles. The van der Waals surface area contributed by atoms with Gasteiger partial charge >= 0.3 is 0 Å². The van der Waals surface area contributed by atoms with Crippen LogP contribution in [0.5, 0.6) is 0 Å². The number of rotatable bonds is 5. The molecule has 0 radical (unpaired) electrons. The second-order valence-electron chi connectivity index (χ2n) is 4.95. The number of nitrogens with two attached hydrogens (primary N) is 1. The first-order valence-electron chi connectivity index (χ1n) is 6.78. The summed E-state index contributed by atoms with van der Waals surface area (Å²) in [6, 6.07) is 6.32. The Balaban J connectivity index is 1.50. The summed E-state index contributed by atoms with van der Waals surface area (Å²) in [6.07, 6.45) is 4.01. The van der Waals surface area contributed by atoms with Crippen LogP contribution in [0.15, 0.2) is 18.2 Å². The molecule has 4 nitrogen and oxygen atoms in total. The number of benzene rings is 1. The van der Waals surface area contributed by atoms with Gasteiger partial charge in [0, 0.05) is 13.2 Å². The molecule has 3 rings (SSSR count). The van der Waals surface area contributed by atoms with Gasteiger partial charge < -0.3 is 15.8 Å². The number of ether oxygens (including phenoxy) is 1. The minimum Gasteiger partial charge on any atom is -0.378 e. The highest BCUT2D eigenvalue weighted by Crippen LogP contribution is 2.24. The third kappa shape index (κ3) is 3.23. The average molecular weight is 277 g/mol. The fourth-order valence-corrected chi connectivity index (χ4v) is 3.26. The predicted octanol–water partition coefficient (Wildman–Crippen LogP) is 2.54. The van der Waals surface area contributed by atoms with E-state index in [2.05, 4.69) is 22.4 Å². The van der Waals surface area contributed by atoms with Gasteiger partial charge in [0.1, 0.15) is 0 Å². The maximum atomic E-state index is 5.71. The first-order valence-corrected chi connectivity index (χ1v) is 7.60. The van der Waals surface area contributed by atoms with Gasteiger partial charge in [-0.2, -0.15) is 0 Å². The van der Waals surface area contributed by atoms with E-state index in [1.165, 1.54) is 18.4 Å². The van der Waals surface area contributed by atoms with Crippen molar-refractivity contribution in [1.82, 2.24) is 10.3 Å². The second kappa shape index (κ2) is 5.86. The van der Waals surface area contributed by atoms with Crippen molar-refractivity contribution in [2.45, 2.75) is 31.9 Å². The molecule has 1 saturated heterocycles. The fourth-order valence-electron chi connectivity index (χ4n) is 2.46. The Kier molecular flexibility index (Phi) is 3.96. The largest absolute Gasteiger partial charge is 0.378 e. The molecular weight excluding hydrogens is 258 g/mol. The van der Waals surface area contributed by atoms with Crippen molar-refractivity contribution in [3.8, 4) is 0 Å². The van der Waals surface area contributed by atoms with E-state index in [1.807, 2.05) is 6.07 Å². The average Bonchev–Trinajstić information content (AvgIpc) is 3.02. The lowest BCUT2D eigenvalue weighted by molar-refractivity contribution is 0.104. The van der Waals surface area contributed by atoms with Crippen molar-refractivity contribution in [3.63, 3.8) is 0 Å². The molecule has 5 heteroatoms. The standard InChI is InChI=1S/C14H19N3OS/c15-14-17-12-4-3-10(8-13(12)19-14)9-16-6-5-11-2-1-7-18-11/h3-4,8,11,16H,1-2,5-7,9H2,(H2,15,17). The molecule has 3 N–H and O–H groups in total. The summed E-state index contributed by atoms with van der Waals surface area (Å²) in [5.74, 6) is 0. The number of hydrogen-bond acceptors (Lipinski definition) is 5. The lowest BCUT2D eigenvalue weighted by Crippen LogP contribution is -2.19. The van der Waals surface area contributed by atoms with Crippen LogP contribution < -0.4 is 11.1 Å². The van der Waals surface area contributed by atoms with Gasteiger partial charge in [-0.1, -0.05) is 17.4 Å². The summed E-state index contributed by atoms with van der Waals surface area (Å²) in [7, 11) is 0. The molecular formula is C14H19N3OS. The molecule has 1 aromatic heterocycles. The minimum absolute atomic E-state index is 0.469. The van der Waals surface area contributed by atoms with E-state index in [1.54, 1.807) is 11.3 Å². The number of hydrogen-bond donors (Lipinski definition) is 2. The highest BCUT2D eigenvalue weighted by molar-refractivity contribution is 7.22. The second-order valence-corrected chi connectivity index (χ2v) is 6.02. The number of thiazole rings is 1. The summed E-state index contributed by atoms with van der Waals surface area (Å²) < 4.78 is 6.77. The van der Waals surface area contributed by atoms with Gasteiger partial charge in [-0.05, 0) is 43.5 Å². The molecule has 0 amide bonds. The summed E-state index contributed by atoms with van der Waals surface area (Å²) >= 11 is 1.54.